The molecule has 33 heavy (non-hydrogen) atoms. The van der Waals surface area contributed by atoms with Crippen LogP contribution in [0.4, 0.5) is 0 Å². The van der Waals surface area contributed by atoms with E-state index < -0.39 is 12.1 Å². The molecular formula is C27H29NO5. The molecule has 1 aliphatic heterocycles. The predicted molar refractivity (Wildman–Crippen MR) is 127 cm³/mol. The molecule has 6 heteroatoms. The van der Waals surface area contributed by atoms with Crippen LogP contribution < -0.4 is 10.1 Å². The van der Waals surface area contributed by atoms with Crippen LogP contribution in [0.5, 0.6) is 5.75 Å². The lowest BCUT2D eigenvalue weighted by Crippen LogP contribution is -2.38. The van der Waals surface area contributed by atoms with Crippen molar-refractivity contribution in [1.29, 1.82) is 0 Å². The number of carboxylic acids is 1. The van der Waals surface area contributed by atoms with E-state index in [4.69, 9.17) is 14.6 Å². The van der Waals surface area contributed by atoms with Crippen LogP contribution in [-0.4, -0.2) is 48.1 Å². The van der Waals surface area contributed by atoms with Crippen molar-refractivity contribution >= 4 is 5.97 Å². The maximum Gasteiger partial charge on any atom is 0.335 e. The van der Waals surface area contributed by atoms with Gasteiger partial charge in [-0.3, -0.25) is 0 Å². The molecule has 0 aromatic heterocycles. The molecule has 0 unspecified atom stereocenters. The SMILES string of the molecule is O=C(O)c1ccc(-c2ccc3c(c2)CC[C@H](CNC[C@H](O)COCc2ccccc2)O3)cc1. The van der Waals surface area contributed by atoms with Crippen LogP contribution in [0.15, 0.2) is 72.8 Å². The summed E-state index contributed by atoms with van der Waals surface area (Å²) in [7, 11) is 0. The summed E-state index contributed by atoms with van der Waals surface area (Å²) in [5, 5.41) is 22.5. The number of ether oxygens (including phenoxy) is 2. The molecule has 0 amide bonds. The zero-order valence-electron chi connectivity index (χ0n) is 18.4. The highest BCUT2D eigenvalue weighted by Gasteiger charge is 2.20. The fourth-order valence-corrected chi connectivity index (χ4v) is 3.93. The van der Waals surface area contributed by atoms with Gasteiger partial charge in [0.1, 0.15) is 11.9 Å². The number of aliphatic hydroxyl groups excluding tert-OH is 1. The first-order valence-electron chi connectivity index (χ1n) is 11.2. The predicted octanol–water partition coefficient (Wildman–Crippen LogP) is 3.91. The summed E-state index contributed by atoms with van der Waals surface area (Å²) in [5.41, 5.74) is 4.55. The molecule has 1 heterocycles. The molecule has 3 aromatic rings. The van der Waals surface area contributed by atoms with Crippen LogP contribution in [0.3, 0.4) is 0 Å². The summed E-state index contributed by atoms with van der Waals surface area (Å²) >= 11 is 0. The molecule has 0 saturated heterocycles. The van der Waals surface area contributed by atoms with Gasteiger partial charge in [0.25, 0.3) is 0 Å². The van der Waals surface area contributed by atoms with Crippen LogP contribution in [0.2, 0.25) is 0 Å². The lowest BCUT2D eigenvalue weighted by Gasteiger charge is -2.27. The third-order valence-corrected chi connectivity index (χ3v) is 5.73. The van der Waals surface area contributed by atoms with Crippen molar-refractivity contribution in [2.24, 2.45) is 0 Å². The number of hydrogen-bond acceptors (Lipinski definition) is 5. The summed E-state index contributed by atoms with van der Waals surface area (Å²) in [6, 6.07) is 22.9. The molecule has 0 saturated carbocycles. The highest BCUT2D eigenvalue weighted by atomic mass is 16.5. The second-order valence-electron chi connectivity index (χ2n) is 8.30. The van der Waals surface area contributed by atoms with Crippen molar-refractivity contribution in [1.82, 2.24) is 5.32 Å². The number of nitrogens with one attached hydrogen (secondary N) is 1. The third-order valence-electron chi connectivity index (χ3n) is 5.73. The van der Waals surface area contributed by atoms with E-state index in [2.05, 4.69) is 11.4 Å². The number of aryl methyl sites for hydroxylation is 1. The molecule has 0 radical (unpaired) electrons. The smallest absolute Gasteiger partial charge is 0.335 e. The van der Waals surface area contributed by atoms with Crippen molar-refractivity contribution in [3.8, 4) is 16.9 Å². The molecule has 0 spiro atoms. The summed E-state index contributed by atoms with van der Waals surface area (Å²) < 4.78 is 11.7. The Kier molecular flexibility index (Phi) is 7.73. The van der Waals surface area contributed by atoms with E-state index in [1.54, 1.807) is 12.1 Å². The van der Waals surface area contributed by atoms with Gasteiger partial charge in [0, 0.05) is 13.1 Å². The summed E-state index contributed by atoms with van der Waals surface area (Å²) in [5.74, 6) is -0.0435. The van der Waals surface area contributed by atoms with E-state index in [0.717, 1.165) is 40.8 Å². The van der Waals surface area contributed by atoms with Gasteiger partial charge in [-0.2, -0.15) is 0 Å². The molecule has 172 valence electrons. The number of hydrogen-bond donors (Lipinski definition) is 3. The van der Waals surface area contributed by atoms with Crippen LogP contribution in [0.25, 0.3) is 11.1 Å². The summed E-state index contributed by atoms with van der Waals surface area (Å²) in [4.78, 5) is 11.0. The Morgan fingerprint density at radius 2 is 1.82 bits per heavy atom. The van der Waals surface area contributed by atoms with Gasteiger partial charge in [-0.15, -0.1) is 0 Å². The van der Waals surface area contributed by atoms with Gasteiger partial charge in [-0.1, -0.05) is 48.5 Å². The van der Waals surface area contributed by atoms with Gasteiger partial charge >= 0.3 is 5.97 Å². The second kappa shape index (κ2) is 11.1. The first-order chi connectivity index (χ1) is 16.1. The molecule has 4 rings (SSSR count). The van der Waals surface area contributed by atoms with Crippen molar-refractivity contribution in [3.63, 3.8) is 0 Å². The van der Waals surface area contributed by atoms with Crippen molar-refractivity contribution < 1.29 is 24.5 Å². The fourth-order valence-electron chi connectivity index (χ4n) is 3.93. The van der Waals surface area contributed by atoms with E-state index in [0.29, 0.717) is 19.7 Å². The summed E-state index contributed by atoms with van der Waals surface area (Å²) in [6.45, 7) is 1.89. The first kappa shape index (κ1) is 23.0. The Morgan fingerprint density at radius 1 is 1.06 bits per heavy atom. The number of benzene rings is 3. The third kappa shape index (κ3) is 6.42. The van der Waals surface area contributed by atoms with Gasteiger partial charge in [-0.25, -0.2) is 4.79 Å². The first-order valence-corrected chi connectivity index (χ1v) is 11.2. The Hall–Kier alpha value is -3.19. The molecule has 0 aliphatic carbocycles. The van der Waals surface area contributed by atoms with Gasteiger partial charge in [-0.05, 0) is 59.4 Å². The number of rotatable bonds is 10. The van der Waals surface area contributed by atoms with E-state index in [-0.39, 0.29) is 18.3 Å². The molecule has 0 bridgehead atoms. The molecule has 3 N–H and O–H groups in total. The zero-order valence-corrected chi connectivity index (χ0v) is 18.4. The van der Waals surface area contributed by atoms with Crippen LogP contribution in [-0.2, 0) is 17.8 Å². The minimum Gasteiger partial charge on any atom is -0.489 e. The Morgan fingerprint density at radius 3 is 2.58 bits per heavy atom. The normalized spacial score (nSPS) is 16.0. The van der Waals surface area contributed by atoms with E-state index in [9.17, 15) is 9.90 Å². The zero-order chi connectivity index (χ0) is 23.0. The number of carbonyl (C=O) groups is 1. The quantitative estimate of drug-likeness (QED) is 0.437. The van der Waals surface area contributed by atoms with Gasteiger partial charge < -0.3 is 25.0 Å². The minimum atomic E-state index is -0.924. The molecule has 6 nitrogen and oxygen atoms in total. The van der Waals surface area contributed by atoms with Crippen LogP contribution in [0, 0.1) is 0 Å². The van der Waals surface area contributed by atoms with Crippen LogP contribution in [0.1, 0.15) is 27.9 Å². The van der Waals surface area contributed by atoms with Gasteiger partial charge in [0.2, 0.25) is 0 Å². The Labute approximate surface area is 193 Å². The molecule has 1 aliphatic rings. The number of fused-ring (bicyclic) bond motifs is 1. The van der Waals surface area contributed by atoms with Gasteiger partial charge in [0.15, 0.2) is 0 Å². The molecule has 0 fully saturated rings. The monoisotopic (exact) mass is 447 g/mol. The average molecular weight is 448 g/mol. The molecule has 3 aromatic carbocycles. The van der Waals surface area contributed by atoms with Crippen molar-refractivity contribution in [2.45, 2.75) is 31.7 Å². The van der Waals surface area contributed by atoms with Crippen molar-refractivity contribution in [2.75, 3.05) is 19.7 Å². The topological polar surface area (TPSA) is 88.0 Å². The number of aliphatic hydroxyl groups is 1. The lowest BCUT2D eigenvalue weighted by atomic mass is 9.96. The van der Waals surface area contributed by atoms with Gasteiger partial charge in [0.05, 0.1) is 24.9 Å². The van der Waals surface area contributed by atoms with Crippen LogP contribution >= 0.6 is 0 Å². The van der Waals surface area contributed by atoms with E-state index in [1.165, 1.54) is 0 Å². The molecule has 2 atom stereocenters. The average Bonchev–Trinajstić information content (AvgIpc) is 2.84. The Bertz CT molecular complexity index is 1050. The van der Waals surface area contributed by atoms with Crippen molar-refractivity contribution in [3.05, 3.63) is 89.5 Å². The lowest BCUT2D eigenvalue weighted by molar-refractivity contribution is 0.0274. The maximum absolute atomic E-state index is 11.0. The number of aromatic carboxylic acids is 1. The minimum absolute atomic E-state index is 0.0515. The largest absolute Gasteiger partial charge is 0.489 e. The highest BCUT2D eigenvalue weighted by Crippen LogP contribution is 2.32. The second-order valence-corrected chi connectivity index (χ2v) is 8.30. The Balaban J connectivity index is 1.21. The van der Waals surface area contributed by atoms with E-state index >= 15 is 0 Å². The maximum atomic E-state index is 11.0. The highest BCUT2D eigenvalue weighted by molar-refractivity contribution is 5.88. The van der Waals surface area contributed by atoms with E-state index in [1.807, 2.05) is 54.6 Å². The molecular weight excluding hydrogens is 418 g/mol. The fraction of sp³-hybridized carbons (Fsp3) is 0.296. The summed E-state index contributed by atoms with van der Waals surface area (Å²) in [6.07, 6.45) is 1.28. The standard InChI is InChI=1S/C27H29NO5/c29-24(18-32-17-19-4-2-1-3-5-19)15-28-16-25-12-10-23-14-22(11-13-26(23)33-25)20-6-8-21(9-7-20)27(30)31/h1-9,11,13-14,24-25,28-29H,10,12,15-18H2,(H,30,31)/t24-,25+/m0/s1. The number of carboxylic acid groups (broad SMARTS) is 1.